The zero-order valence-corrected chi connectivity index (χ0v) is 17.5. The molecule has 1 atom stereocenters. The van der Waals surface area contributed by atoms with Crippen LogP contribution < -0.4 is 9.47 Å². The maximum absolute atomic E-state index is 12.9. The standard InChI is InChI=1S/C21H19ClNO5S/c1-3-26-21(24)18-14-10-16-17(28-9-8-27-16)11-15(14)23(2)19(18)20(29-25)12-4-6-13(22)7-5-12/h4-7,10-11,20H,3,8-9H2,1-2H3/q+1. The quantitative estimate of drug-likeness (QED) is 0.444. The van der Waals surface area contributed by atoms with Crippen LogP contribution in [0.15, 0.2) is 36.4 Å². The molecule has 29 heavy (non-hydrogen) atoms. The number of rotatable bonds is 5. The minimum absolute atomic E-state index is 0.231. The number of ether oxygens (including phenoxy) is 3. The topological polar surface area (TPSA) is 66.8 Å². The van der Waals surface area contributed by atoms with E-state index in [2.05, 4.69) is 0 Å². The lowest BCUT2D eigenvalue weighted by Gasteiger charge is -2.18. The predicted molar refractivity (Wildman–Crippen MR) is 111 cm³/mol. The normalized spacial score (nSPS) is 13.9. The molecular weight excluding hydrogens is 414 g/mol. The Bertz CT molecular complexity index is 1090. The summed E-state index contributed by atoms with van der Waals surface area (Å²) in [6.45, 7) is 2.89. The summed E-state index contributed by atoms with van der Waals surface area (Å²) in [6, 6.07) is 10.7. The Kier molecular flexibility index (Phi) is 5.43. The van der Waals surface area contributed by atoms with Crippen LogP contribution in [-0.2, 0) is 27.7 Å². The van der Waals surface area contributed by atoms with Gasteiger partial charge in [-0.25, -0.2) is 4.79 Å². The van der Waals surface area contributed by atoms with Gasteiger partial charge >= 0.3 is 22.9 Å². The molecule has 0 amide bonds. The lowest BCUT2D eigenvalue weighted by molar-refractivity contribution is 0.0527. The molecule has 1 unspecified atom stereocenters. The molecule has 4 rings (SSSR count). The second-order valence-electron chi connectivity index (χ2n) is 6.58. The van der Waals surface area contributed by atoms with Crippen molar-refractivity contribution < 1.29 is 23.2 Å². The molecule has 1 aliphatic heterocycles. The van der Waals surface area contributed by atoms with E-state index in [4.69, 9.17) is 25.8 Å². The molecular formula is C21H19ClNO5S+. The van der Waals surface area contributed by atoms with Gasteiger partial charge in [0.05, 0.1) is 17.7 Å². The van der Waals surface area contributed by atoms with E-state index >= 15 is 0 Å². The number of hydrogen-bond donors (Lipinski definition) is 0. The van der Waals surface area contributed by atoms with Crippen molar-refractivity contribution >= 4 is 40.1 Å². The van der Waals surface area contributed by atoms with Gasteiger partial charge < -0.3 is 18.8 Å². The minimum Gasteiger partial charge on any atom is -0.486 e. The van der Waals surface area contributed by atoms with Crippen LogP contribution in [0.25, 0.3) is 10.9 Å². The van der Waals surface area contributed by atoms with Crippen LogP contribution in [0.2, 0.25) is 5.02 Å². The van der Waals surface area contributed by atoms with Crippen molar-refractivity contribution in [3.63, 3.8) is 0 Å². The Hall–Kier alpha value is -2.64. The van der Waals surface area contributed by atoms with E-state index in [0.29, 0.717) is 58.0 Å². The zero-order valence-electron chi connectivity index (χ0n) is 15.9. The highest BCUT2D eigenvalue weighted by Crippen LogP contribution is 2.41. The van der Waals surface area contributed by atoms with Gasteiger partial charge in [-0.2, -0.15) is 0 Å². The molecule has 1 aliphatic rings. The molecule has 0 aliphatic carbocycles. The smallest absolute Gasteiger partial charge is 0.474 e. The first-order valence-corrected chi connectivity index (χ1v) is 10.4. The van der Waals surface area contributed by atoms with Gasteiger partial charge in [0.2, 0.25) is 0 Å². The van der Waals surface area contributed by atoms with E-state index < -0.39 is 11.2 Å². The van der Waals surface area contributed by atoms with Gasteiger partial charge in [0.1, 0.15) is 18.9 Å². The van der Waals surface area contributed by atoms with Crippen LogP contribution in [0.4, 0.5) is 0 Å². The molecule has 150 valence electrons. The van der Waals surface area contributed by atoms with Crippen molar-refractivity contribution in [2.75, 3.05) is 19.8 Å². The van der Waals surface area contributed by atoms with Crippen LogP contribution in [0.1, 0.15) is 33.8 Å². The SMILES string of the molecule is CCOC(=O)c1c(C([S+]=O)c2ccc(Cl)cc2)n(C)c2cc3c(cc12)OCCO3. The highest BCUT2D eigenvalue weighted by molar-refractivity contribution is 7.66. The molecule has 0 radical (unpaired) electrons. The van der Waals surface area contributed by atoms with E-state index in [1.54, 1.807) is 37.3 Å². The second kappa shape index (κ2) is 8.00. The number of fused-ring (bicyclic) bond motifs is 2. The maximum Gasteiger partial charge on any atom is 0.474 e. The number of aromatic nitrogens is 1. The number of benzene rings is 2. The molecule has 0 N–H and O–H groups in total. The Balaban J connectivity index is 1.99. The van der Waals surface area contributed by atoms with E-state index in [9.17, 15) is 9.00 Å². The van der Waals surface area contributed by atoms with E-state index in [1.807, 2.05) is 17.7 Å². The Morgan fingerprint density at radius 2 is 1.86 bits per heavy atom. The molecule has 0 bridgehead atoms. The van der Waals surface area contributed by atoms with Gasteiger partial charge in [0, 0.05) is 33.3 Å². The first-order chi connectivity index (χ1) is 14.0. The average Bonchev–Trinajstić information content (AvgIpc) is 3.00. The lowest BCUT2D eigenvalue weighted by atomic mass is 10.0. The van der Waals surface area contributed by atoms with Gasteiger partial charge in [-0.05, 0) is 25.1 Å². The van der Waals surface area contributed by atoms with Gasteiger partial charge in [-0.1, -0.05) is 23.7 Å². The van der Waals surface area contributed by atoms with Crippen molar-refractivity contribution in [3.05, 3.63) is 58.2 Å². The first-order valence-electron chi connectivity index (χ1n) is 9.18. The summed E-state index contributed by atoms with van der Waals surface area (Å²) in [5.41, 5.74) is 2.45. The Morgan fingerprint density at radius 3 is 2.48 bits per heavy atom. The van der Waals surface area contributed by atoms with Crippen molar-refractivity contribution in [1.29, 1.82) is 0 Å². The summed E-state index contributed by atoms with van der Waals surface area (Å²) in [5, 5.41) is 0.620. The van der Waals surface area contributed by atoms with Crippen LogP contribution in [0, 0.1) is 0 Å². The number of esters is 1. The summed E-state index contributed by atoms with van der Waals surface area (Å²) in [6.07, 6.45) is 0. The molecule has 0 spiro atoms. The Labute approximate surface area is 176 Å². The third-order valence-electron chi connectivity index (χ3n) is 4.91. The zero-order chi connectivity index (χ0) is 20.5. The molecule has 2 heterocycles. The van der Waals surface area contributed by atoms with E-state index in [0.717, 1.165) is 11.1 Å². The molecule has 8 heteroatoms. The fraction of sp³-hybridized carbons (Fsp3) is 0.286. The van der Waals surface area contributed by atoms with Crippen LogP contribution in [0.5, 0.6) is 11.5 Å². The summed E-state index contributed by atoms with van der Waals surface area (Å²) >= 11 is 6.41. The van der Waals surface area contributed by atoms with Gasteiger partial charge in [-0.3, -0.25) is 0 Å². The lowest BCUT2D eigenvalue weighted by Crippen LogP contribution is -2.15. The third kappa shape index (κ3) is 3.45. The second-order valence-corrected chi connectivity index (χ2v) is 7.68. The van der Waals surface area contributed by atoms with Gasteiger partial charge in [0.15, 0.2) is 11.5 Å². The maximum atomic E-state index is 12.9. The van der Waals surface area contributed by atoms with E-state index in [-0.39, 0.29) is 6.61 Å². The van der Waals surface area contributed by atoms with Crippen molar-refractivity contribution in [2.45, 2.75) is 12.2 Å². The summed E-state index contributed by atoms with van der Waals surface area (Å²) in [4.78, 5) is 12.9. The molecule has 6 nitrogen and oxygen atoms in total. The highest BCUT2D eigenvalue weighted by atomic mass is 35.5. The molecule has 3 aromatic rings. The van der Waals surface area contributed by atoms with E-state index in [1.165, 1.54) is 0 Å². The third-order valence-corrected chi connectivity index (χ3v) is 5.85. The minimum atomic E-state index is -0.622. The van der Waals surface area contributed by atoms with Crippen molar-refractivity contribution in [3.8, 4) is 11.5 Å². The molecule has 1 aromatic heterocycles. The van der Waals surface area contributed by atoms with Crippen LogP contribution in [0.3, 0.4) is 0 Å². The average molecular weight is 433 g/mol. The Morgan fingerprint density at radius 1 is 1.21 bits per heavy atom. The van der Waals surface area contributed by atoms with Crippen molar-refractivity contribution in [1.82, 2.24) is 4.57 Å². The monoisotopic (exact) mass is 432 g/mol. The number of nitrogens with zero attached hydrogens (tertiary/aromatic N) is 1. The first kappa shape index (κ1) is 19.7. The number of halogens is 1. The van der Waals surface area contributed by atoms with Crippen LogP contribution >= 0.6 is 11.6 Å². The van der Waals surface area contributed by atoms with Crippen molar-refractivity contribution in [2.24, 2.45) is 7.05 Å². The van der Waals surface area contributed by atoms with Crippen LogP contribution in [-0.4, -0.2) is 30.4 Å². The van der Waals surface area contributed by atoms with Gasteiger partial charge in [0.25, 0.3) is 0 Å². The summed E-state index contributed by atoms with van der Waals surface area (Å²) < 4.78 is 30.8. The number of carbonyl (C=O) groups is 1. The summed E-state index contributed by atoms with van der Waals surface area (Å²) in [7, 11) is 1.83. The predicted octanol–water partition coefficient (Wildman–Crippen LogP) is 4.30. The number of carbonyl (C=O) groups excluding carboxylic acids is 1. The van der Waals surface area contributed by atoms with Gasteiger partial charge in [-0.15, -0.1) is 0 Å². The highest BCUT2D eigenvalue weighted by Gasteiger charge is 2.37. The number of hydrogen-bond acceptors (Lipinski definition) is 5. The molecule has 2 aromatic carbocycles. The largest absolute Gasteiger partial charge is 0.486 e. The molecule has 0 saturated carbocycles. The molecule has 0 saturated heterocycles. The summed E-state index contributed by atoms with van der Waals surface area (Å²) in [5.74, 6) is 0.714. The fourth-order valence-electron chi connectivity index (χ4n) is 3.61. The molecule has 0 fully saturated rings. The fourth-order valence-corrected chi connectivity index (χ4v) is 4.37. The number of aryl methyl sites for hydroxylation is 1.